The Morgan fingerprint density at radius 1 is 1.13 bits per heavy atom. The molecule has 0 aliphatic carbocycles. The van der Waals surface area contributed by atoms with Gasteiger partial charge in [0.25, 0.3) is 0 Å². The number of pyridine rings is 2. The van der Waals surface area contributed by atoms with Crippen molar-refractivity contribution in [3.63, 3.8) is 0 Å². The molecule has 1 aliphatic rings. The van der Waals surface area contributed by atoms with E-state index in [2.05, 4.69) is 23.7 Å². The average Bonchev–Trinajstić information content (AvgIpc) is 2.85. The molecule has 2 atom stereocenters. The minimum Gasteiger partial charge on any atom is -0.489 e. The van der Waals surface area contributed by atoms with Crippen molar-refractivity contribution in [3.8, 4) is 17.0 Å². The second-order valence-corrected chi connectivity index (χ2v) is 12.5. The fraction of sp³-hybridized carbons (Fsp3) is 0.645. The lowest BCUT2D eigenvalue weighted by atomic mass is 9.82. The molecule has 0 amide bonds. The van der Waals surface area contributed by atoms with Gasteiger partial charge in [0.05, 0.1) is 29.3 Å². The van der Waals surface area contributed by atoms with Gasteiger partial charge in [0.15, 0.2) is 6.10 Å². The number of halogens is 1. The maximum absolute atomic E-state index is 13.7. The van der Waals surface area contributed by atoms with E-state index in [1.54, 1.807) is 19.2 Å². The summed E-state index contributed by atoms with van der Waals surface area (Å²) in [5.74, 6) is 0.0693. The number of carbonyl (C=O) groups is 1. The second kappa shape index (κ2) is 12.6. The van der Waals surface area contributed by atoms with Gasteiger partial charge in [0.1, 0.15) is 18.5 Å². The van der Waals surface area contributed by atoms with E-state index in [1.807, 2.05) is 53.8 Å². The van der Waals surface area contributed by atoms with E-state index in [1.165, 1.54) is 0 Å². The maximum Gasteiger partial charge on any atom is 0.340 e. The van der Waals surface area contributed by atoms with Gasteiger partial charge < -0.3 is 19.1 Å². The van der Waals surface area contributed by atoms with E-state index in [-0.39, 0.29) is 18.1 Å². The van der Waals surface area contributed by atoms with Crippen molar-refractivity contribution in [2.24, 2.45) is 5.41 Å². The molecule has 2 aromatic heterocycles. The van der Waals surface area contributed by atoms with Crippen molar-refractivity contribution in [3.05, 3.63) is 35.8 Å². The highest BCUT2D eigenvalue weighted by molar-refractivity contribution is 5.86. The first-order valence-corrected chi connectivity index (χ1v) is 14.1. The van der Waals surface area contributed by atoms with Crippen LogP contribution in [0.15, 0.2) is 24.5 Å². The van der Waals surface area contributed by atoms with Crippen LogP contribution in [-0.2, 0) is 14.3 Å². The first-order chi connectivity index (χ1) is 18.2. The number of hydrogen-bond acceptors (Lipinski definition) is 7. The summed E-state index contributed by atoms with van der Waals surface area (Å²) in [6, 6.07) is 3.65. The fourth-order valence-electron chi connectivity index (χ4n) is 4.59. The van der Waals surface area contributed by atoms with E-state index >= 15 is 0 Å². The normalized spacial score (nSPS) is 17.2. The van der Waals surface area contributed by atoms with Gasteiger partial charge in [0.2, 0.25) is 0 Å². The van der Waals surface area contributed by atoms with E-state index in [9.17, 15) is 9.18 Å². The van der Waals surface area contributed by atoms with Gasteiger partial charge in [-0.05, 0) is 78.4 Å². The number of aromatic nitrogens is 2. The summed E-state index contributed by atoms with van der Waals surface area (Å²) in [6.07, 6.45) is 3.58. The van der Waals surface area contributed by atoms with Crippen molar-refractivity contribution in [2.45, 2.75) is 106 Å². The molecule has 0 N–H and O–H groups in total. The zero-order chi connectivity index (χ0) is 29.0. The molecule has 39 heavy (non-hydrogen) atoms. The second-order valence-electron chi connectivity index (χ2n) is 12.5. The van der Waals surface area contributed by atoms with Gasteiger partial charge in [-0.25, -0.2) is 9.18 Å². The third-order valence-corrected chi connectivity index (χ3v) is 6.91. The minimum atomic E-state index is -1.02. The number of carbonyl (C=O) groups excluding carboxylic acids is 1. The molecule has 1 aliphatic heterocycles. The summed E-state index contributed by atoms with van der Waals surface area (Å²) in [7, 11) is 0. The first kappa shape index (κ1) is 30.8. The van der Waals surface area contributed by atoms with E-state index in [0.29, 0.717) is 29.1 Å². The van der Waals surface area contributed by atoms with Crippen LogP contribution in [0, 0.1) is 12.3 Å². The summed E-state index contributed by atoms with van der Waals surface area (Å²) in [5.41, 5.74) is 3.44. The Kier molecular flexibility index (Phi) is 9.97. The number of esters is 1. The molecule has 0 bridgehead atoms. The summed E-state index contributed by atoms with van der Waals surface area (Å²) in [5, 5.41) is 0. The number of hydrogen-bond donors (Lipinski definition) is 0. The highest BCUT2D eigenvalue weighted by atomic mass is 19.1. The topological polar surface area (TPSA) is 73.8 Å². The lowest BCUT2D eigenvalue weighted by Gasteiger charge is -2.41. The summed E-state index contributed by atoms with van der Waals surface area (Å²) >= 11 is 0. The quantitative estimate of drug-likeness (QED) is 0.298. The molecule has 0 saturated carbocycles. The highest BCUT2D eigenvalue weighted by Crippen LogP contribution is 2.43. The molecule has 2 aromatic rings. The maximum atomic E-state index is 13.7. The molecule has 216 valence electrons. The molecular weight excluding hydrogens is 497 g/mol. The van der Waals surface area contributed by atoms with Gasteiger partial charge in [-0.2, -0.15) is 0 Å². The Bertz CT molecular complexity index is 1100. The number of alkyl halides is 1. The molecule has 2 unspecified atom stereocenters. The number of rotatable bonds is 10. The van der Waals surface area contributed by atoms with Gasteiger partial charge >= 0.3 is 5.97 Å². The van der Waals surface area contributed by atoms with Crippen LogP contribution in [0.5, 0.6) is 5.75 Å². The smallest absolute Gasteiger partial charge is 0.340 e. The van der Waals surface area contributed by atoms with Crippen molar-refractivity contribution < 1.29 is 23.4 Å². The van der Waals surface area contributed by atoms with Crippen LogP contribution in [0.3, 0.4) is 0 Å². The van der Waals surface area contributed by atoms with Gasteiger partial charge in [0, 0.05) is 36.1 Å². The van der Waals surface area contributed by atoms with Gasteiger partial charge in [-0.3, -0.25) is 9.97 Å². The van der Waals surface area contributed by atoms with Crippen LogP contribution >= 0.6 is 0 Å². The summed E-state index contributed by atoms with van der Waals surface area (Å²) in [4.78, 5) is 25.2. The molecule has 1 fully saturated rings. The summed E-state index contributed by atoms with van der Waals surface area (Å²) in [6.45, 7) is 19.4. The predicted octanol–water partition coefficient (Wildman–Crippen LogP) is 7.01. The SMILES string of the molecule is CCC(F)COc1ccc(-c2cnc(C)c(C(OC(C)(C)C)C(=O)OC(C)C)c2N2CCC(C)(C)CC2)nc1. The van der Waals surface area contributed by atoms with Crippen molar-refractivity contribution in [1.29, 1.82) is 0 Å². The monoisotopic (exact) mass is 543 g/mol. The third kappa shape index (κ3) is 8.37. The Morgan fingerprint density at radius 2 is 1.79 bits per heavy atom. The van der Waals surface area contributed by atoms with Crippen molar-refractivity contribution in [2.75, 3.05) is 24.6 Å². The van der Waals surface area contributed by atoms with E-state index in [4.69, 9.17) is 19.2 Å². The highest BCUT2D eigenvalue weighted by Gasteiger charge is 2.37. The largest absolute Gasteiger partial charge is 0.489 e. The average molecular weight is 544 g/mol. The number of nitrogens with zero attached hydrogens (tertiary/aromatic N) is 3. The zero-order valence-electron chi connectivity index (χ0n) is 25.1. The molecule has 7 nitrogen and oxygen atoms in total. The minimum absolute atomic E-state index is 0.00758. The molecule has 0 spiro atoms. The molecule has 3 heterocycles. The Labute approximate surface area is 233 Å². The number of ether oxygens (including phenoxy) is 3. The Balaban J connectivity index is 2.14. The lowest BCUT2D eigenvalue weighted by molar-refractivity contribution is -0.171. The number of anilines is 1. The molecular formula is C31H46FN3O4. The molecule has 0 radical (unpaired) electrons. The number of aryl methyl sites for hydroxylation is 1. The van der Waals surface area contributed by atoms with Crippen molar-refractivity contribution >= 4 is 11.7 Å². The fourth-order valence-corrected chi connectivity index (χ4v) is 4.59. The van der Waals surface area contributed by atoms with E-state index < -0.39 is 23.8 Å². The van der Waals surface area contributed by atoms with Crippen molar-refractivity contribution in [1.82, 2.24) is 9.97 Å². The summed E-state index contributed by atoms with van der Waals surface area (Å²) < 4.78 is 31.3. The first-order valence-electron chi connectivity index (χ1n) is 14.1. The van der Waals surface area contributed by atoms with Crippen LogP contribution in [0.2, 0.25) is 0 Å². The van der Waals surface area contributed by atoms with Crippen LogP contribution in [-0.4, -0.2) is 53.5 Å². The van der Waals surface area contributed by atoms with Crippen LogP contribution in [0.25, 0.3) is 11.3 Å². The predicted molar refractivity (Wildman–Crippen MR) is 153 cm³/mol. The zero-order valence-corrected chi connectivity index (χ0v) is 25.1. The van der Waals surface area contributed by atoms with Gasteiger partial charge in [-0.1, -0.05) is 20.8 Å². The standard InChI is InChI=1S/C31H46FN3O4/c1-10-22(32)19-37-23-11-12-25(34-17-23)24-18-33-21(4)26(27(24)35-15-13-31(8,9)14-16-35)28(39-30(5,6)7)29(36)38-20(2)3/h11-12,17-18,20,22,28H,10,13-16,19H2,1-9H3. The van der Waals surface area contributed by atoms with Crippen LogP contribution in [0.1, 0.15) is 92.0 Å². The number of piperidine rings is 1. The van der Waals surface area contributed by atoms with Gasteiger partial charge in [-0.15, -0.1) is 0 Å². The lowest BCUT2D eigenvalue weighted by Crippen LogP contribution is -2.39. The molecule has 3 rings (SSSR count). The van der Waals surface area contributed by atoms with Crippen LogP contribution < -0.4 is 9.64 Å². The molecule has 8 heteroatoms. The molecule has 1 saturated heterocycles. The molecule has 0 aromatic carbocycles. The Morgan fingerprint density at radius 3 is 2.33 bits per heavy atom. The Hall–Kier alpha value is -2.74. The van der Waals surface area contributed by atoms with E-state index in [0.717, 1.165) is 37.2 Å². The third-order valence-electron chi connectivity index (χ3n) is 6.91. The van der Waals surface area contributed by atoms with Crippen LogP contribution in [0.4, 0.5) is 10.1 Å².